The van der Waals surface area contributed by atoms with Gasteiger partial charge < -0.3 is 19.7 Å². The first kappa shape index (κ1) is 19.3. The third-order valence-corrected chi connectivity index (χ3v) is 6.09. The van der Waals surface area contributed by atoms with Crippen LogP contribution in [0.3, 0.4) is 0 Å². The molecule has 7 heteroatoms. The van der Waals surface area contributed by atoms with E-state index in [1.165, 1.54) is 0 Å². The van der Waals surface area contributed by atoms with E-state index in [0.717, 1.165) is 0 Å². The maximum atomic E-state index is 13.8. The van der Waals surface area contributed by atoms with Gasteiger partial charge >= 0.3 is 7.60 Å². The van der Waals surface area contributed by atoms with Gasteiger partial charge in [0.2, 0.25) is 0 Å². The van der Waals surface area contributed by atoms with Gasteiger partial charge in [0.15, 0.2) is 10.9 Å². The summed E-state index contributed by atoms with van der Waals surface area (Å²) in [5.74, 6) is 0.284. The molecular formula is C18H23N2O3PS. The lowest BCUT2D eigenvalue weighted by atomic mass is 10.2. The second-order valence-electron chi connectivity index (χ2n) is 5.76. The van der Waals surface area contributed by atoms with Crippen molar-refractivity contribution >= 4 is 24.9 Å². The maximum Gasteiger partial charge on any atom is 0.453 e. The molecule has 0 amide bonds. The largest absolute Gasteiger partial charge is 0.453 e. The number of nitrogens with one attached hydrogen (secondary N) is 2. The van der Waals surface area contributed by atoms with Crippen LogP contribution in [0.25, 0.3) is 0 Å². The fraction of sp³-hybridized carbons (Fsp3) is 0.278. The summed E-state index contributed by atoms with van der Waals surface area (Å²) in [6.45, 7) is 3.87. The molecule has 2 aromatic rings. The smallest absolute Gasteiger partial charge is 0.415 e. The van der Waals surface area contributed by atoms with Crippen LogP contribution in [0.1, 0.15) is 13.8 Å². The molecule has 1 atom stereocenters. The topological polar surface area (TPSA) is 59.6 Å². The first-order valence-electron chi connectivity index (χ1n) is 8.02. The molecule has 2 rings (SSSR count). The van der Waals surface area contributed by atoms with Crippen molar-refractivity contribution in [3.8, 4) is 11.5 Å². The molecule has 0 aliphatic rings. The lowest BCUT2D eigenvalue weighted by Crippen LogP contribution is -2.44. The SMILES string of the molecule is CNC(=S)NC(C(C)C)P(=O)(Oc1ccccc1)Oc1ccccc1. The zero-order valence-corrected chi connectivity index (χ0v) is 16.2. The van der Waals surface area contributed by atoms with Crippen molar-refractivity contribution < 1.29 is 13.6 Å². The molecule has 0 bridgehead atoms. The van der Waals surface area contributed by atoms with Crippen molar-refractivity contribution in [3.05, 3.63) is 60.7 Å². The molecule has 1 unspecified atom stereocenters. The fourth-order valence-electron chi connectivity index (χ4n) is 2.21. The van der Waals surface area contributed by atoms with Gasteiger partial charge in [-0.15, -0.1) is 0 Å². The van der Waals surface area contributed by atoms with Gasteiger partial charge in [0.05, 0.1) is 0 Å². The average molecular weight is 378 g/mol. The van der Waals surface area contributed by atoms with Crippen molar-refractivity contribution in [3.63, 3.8) is 0 Å². The summed E-state index contributed by atoms with van der Waals surface area (Å²) in [7, 11) is -1.93. The Bertz CT molecular complexity index is 680. The van der Waals surface area contributed by atoms with Crippen LogP contribution in [0.5, 0.6) is 11.5 Å². The molecular weight excluding hydrogens is 355 g/mol. The van der Waals surface area contributed by atoms with Crippen LogP contribution < -0.4 is 19.7 Å². The highest BCUT2D eigenvalue weighted by atomic mass is 32.1. The van der Waals surface area contributed by atoms with Crippen LogP contribution in [-0.4, -0.2) is 17.9 Å². The van der Waals surface area contributed by atoms with Crippen molar-refractivity contribution in [2.24, 2.45) is 5.92 Å². The number of thiocarbonyl (C=S) groups is 1. The van der Waals surface area contributed by atoms with Crippen molar-refractivity contribution in [1.29, 1.82) is 0 Å². The predicted octanol–water partition coefficient (Wildman–Crippen LogP) is 4.41. The van der Waals surface area contributed by atoms with Crippen LogP contribution in [0.15, 0.2) is 60.7 Å². The monoisotopic (exact) mass is 378 g/mol. The van der Waals surface area contributed by atoms with E-state index in [2.05, 4.69) is 10.6 Å². The van der Waals surface area contributed by atoms with E-state index < -0.39 is 13.4 Å². The Kier molecular flexibility index (Phi) is 6.85. The zero-order valence-electron chi connectivity index (χ0n) is 14.5. The molecule has 0 fully saturated rings. The quantitative estimate of drug-likeness (QED) is 0.550. The van der Waals surface area contributed by atoms with Gasteiger partial charge in [-0.2, -0.15) is 0 Å². The van der Waals surface area contributed by atoms with E-state index in [9.17, 15) is 4.57 Å². The summed E-state index contributed by atoms with van der Waals surface area (Å²) >= 11 is 5.19. The van der Waals surface area contributed by atoms with Crippen molar-refractivity contribution in [2.45, 2.75) is 19.6 Å². The third kappa shape index (κ3) is 5.48. The number of para-hydroxylation sites is 2. The van der Waals surface area contributed by atoms with Gasteiger partial charge in [0.1, 0.15) is 11.5 Å². The van der Waals surface area contributed by atoms with E-state index in [1.807, 2.05) is 50.2 Å². The normalized spacial score (nSPS) is 12.3. The fourth-order valence-corrected chi connectivity index (χ4v) is 4.53. The highest BCUT2D eigenvalue weighted by Gasteiger charge is 2.42. The Balaban J connectivity index is 2.38. The Morgan fingerprint density at radius 3 is 1.76 bits per heavy atom. The van der Waals surface area contributed by atoms with Gasteiger partial charge in [0, 0.05) is 7.05 Å². The number of hydrogen-bond donors (Lipinski definition) is 2. The first-order valence-corrected chi connectivity index (χ1v) is 10.0. The van der Waals surface area contributed by atoms with Gasteiger partial charge in [-0.05, 0) is 42.4 Å². The summed E-state index contributed by atoms with van der Waals surface area (Å²) in [5, 5.41) is 6.27. The lowest BCUT2D eigenvalue weighted by molar-refractivity contribution is 0.349. The summed E-state index contributed by atoms with van der Waals surface area (Å²) in [6, 6.07) is 18.0. The minimum Gasteiger partial charge on any atom is -0.415 e. The molecule has 0 saturated heterocycles. The summed E-state index contributed by atoms with van der Waals surface area (Å²) in [4.78, 5) is 0. The van der Waals surface area contributed by atoms with Crippen LogP contribution in [0, 0.1) is 5.92 Å². The Morgan fingerprint density at radius 2 is 1.40 bits per heavy atom. The van der Waals surface area contributed by atoms with E-state index in [-0.39, 0.29) is 5.92 Å². The molecule has 0 heterocycles. The standard InChI is InChI=1S/C18H23N2O3PS/c1-14(2)17(20-18(25)19-3)24(21,22-15-10-6-4-7-11-15)23-16-12-8-5-9-13-16/h4-14,17H,1-3H3,(H2,19,20,25). The zero-order chi connectivity index (χ0) is 18.3. The van der Waals surface area contributed by atoms with E-state index in [4.69, 9.17) is 21.3 Å². The Labute approximate surface area is 154 Å². The van der Waals surface area contributed by atoms with Crippen molar-refractivity contribution in [1.82, 2.24) is 10.6 Å². The average Bonchev–Trinajstić information content (AvgIpc) is 2.60. The Morgan fingerprint density at radius 1 is 0.960 bits per heavy atom. The lowest BCUT2D eigenvalue weighted by Gasteiger charge is -2.31. The molecule has 0 spiro atoms. The van der Waals surface area contributed by atoms with E-state index in [0.29, 0.717) is 16.6 Å². The number of rotatable bonds is 7. The van der Waals surface area contributed by atoms with Gasteiger partial charge in [-0.3, -0.25) is 0 Å². The molecule has 2 aromatic carbocycles. The maximum absolute atomic E-state index is 13.8. The highest BCUT2D eigenvalue weighted by molar-refractivity contribution is 7.80. The molecule has 134 valence electrons. The van der Waals surface area contributed by atoms with Crippen LogP contribution in [-0.2, 0) is 4.57 Å². The van der Waals surface area contributed by atoms with Crippen LogP contribution >= 0.6 is 19.8 Å². The van der Waals surface area contributed by atoms with E-state index in [1.54, 1.807) is 31.3 Å². The Hall–Kier alpha value is -2.04. The molecule has 0 aliphatic heterocycles. The second kappa shape index (κ2) is 8.88. The molecule has 0 aromatic heterocycles. The molecule has 0 radical (unpaired) electrons. The third-order valence-electron chi connectivity index (χ3n) is 3.43. The predicted molar refractivity (Wildman–Crippen MR) is 105 cm³/mol. The minimum atomic E-state index is -3.64. The summed E-state index contributed by atoms with van der Waals surface area (Å²) < 4.78 is 25.5. The van der Waals surface area contributed by atoms with Gasteiger partial charge in [-0.25, -0.2) is 4.57 Å². The molecule has 5 nitrogen and oxygen atoms in total. The molecule has 0 saturated carbocycles. The number of benzene rings is 2. The molecule has 0 aliphatic carbocycles. The van der Waals surface area contributed by atoms with Crippen molar-refractivity contribution in [2.75, 3.05) is 7.05 Å². The summed E-state index contributed by atoms with van der Waals surface area (Å²) in [5.41, 5.74) is 0. The molecule has 25 heavy (non-hydrogen) atoms. The van der Waals surface area contributed by atoms with Crippen LogP contribution in [0.4, 0.5) is 0 Å². The number of hydrogen-bond acceptors (Lipinski definition) is 4. The summed E-state index contributed by atoms with van der Waals surface area (Å²) in [6.07, 6.45) is 0. The second-order valence-corrected chi connectivity index (χ2v) is 8.17. The van der Waals surface area contributed by atoms with Gasteiger partial charge in [0.25, 0.3) is 0 Å². The first-order chi connectivity index (χ1) is 11.9. The minimum absolute atomic E-state index is 0.0513. The van der Waals surface area contributed by atoms with Gasteiger partial charge in [-0.1, -0.05) is 50.2 Å². The van der Waals surface area contributed by atoms with Crippen LogP contribution in [0.2, 0.25) is 0 Å². The van der Waals surface area contributed by atoms with E-state index >= 15 is 0 Å². The highest BCUT2D eigenvalue weighted by Crippen LogP contribution is 2.54. The molecule has 2 N–H and O–H groups in total.